The van der Waals surface area contributed by atoms with Gasteiger partial charge in [-0.05, 0) is 59.6 Å². The highest BCUT2D eigenvalue weighted by Gasteiger charge is 2.14. The zero-order valence-corrected chi connectivity index (χ0v) is 19.1. The normalized spacial score (nSPS) is 10.8. The van der Waals surface area contributed by atoms with E-state index in [2.05, 4.69) is 26.5 Å². The number of carbonyl (C=O) groups excluding carboxylic acids is 1. The monoisotopic (exact) mass is 502 g/mol. The lowest BCUT2D eigenvalue weighted by Gasteiger charge is -2.14. The van der Waals surface area contributed by atoms with Gasteiger partial charge in [0.2, 0.25) is 0 Å². The number of halogens is 3. The van der Waals surface area contributed by atoms with Crippen molar-refractivity contribution in [1.82, 2.24) is 5.43 Å². The maximum atomic E-state index is 11.6. The second-order valence-electron chi connectivity index (χ2n) is 5.65. The van der Waals surface area contributed by atoms with E-state index >= 15 is 0 Å². The van der Waals surface area contributed by atoms with E-state index in [0.29, 0.717) is 45.8 Å². The van der Waals surface area contributed by atoms with Crippen LogP contribution in [-0.2, 0) is 16.1 Å². The Balaban J connectivity index is 2.08. The van der Waals surface area contributed by atoms with Crippen LogP contribution in [-0.4, -0.2) is 32.0 Å². The number of benzene rings is 2. The molecule has 0 aliphatic carbocycles. The number of nitrogens with zero attached hydrogens (tertiary/aromatic N) is 1. The molecule has 0 atom stereocenters. The first-order chi connectivity index (χ1) is 14.0. The quantitative estimate of drug-likeness (QED) is 0.273. The van der Waals surface area contributed by atoms with Crippen molar-refractivity contribution in [1.29, 1.82) is 0 Å². The molecule has 156 valence electrons. The van der Waals surface area contributed by atoms with Crippen LogP contribution < -0.4 is 14.9 Å². The van der Waals surface area contributed by atoms with Crippen molar-refractivity contribution in [2.24, 2.45) is 5.10 Å². The molecule has 2 aromatic carbocycles. The molecule has 2 rings (SSSR count). The summed E-state index contributed by atoms with van der Waals surface area (Å²) in [5, 5.41) is 5.35. The third kappa shape index (κ3) is 7.10. The minimum absolute atomic E-state index is 0.208. The van der Waals surface area contributed by atoms with Crippen molar-refractivity contribution in [3.8, 4) is 11.5 Å². The first kappa shape index (κ1) is 23.3. The van der Waals surface area contributed by atoms with Crippen LogP contribution in [0.2, 0.25) is 10.0 Å². The Labute approximate surface area is 188 Å². The van der Waals surface area contributed by atoms with E-state index in [-0.39, 0.29) is 6.61 Å². The van der Waals surface area contributed by atoms with E-state index < -0.39 is 5.97 Å². The van der Waals surface area contributed by atoms with Gasteiger partial charge in [-0.25, -0.2) is 4.79 Å². The summed E-state index contributed by atoms with van der Waals surface area (Å²) in [4.78, 5) is 11.6. The average molecular weight is 504 g/mol. The van der Waals surface area contributed by atoms with Crippen molar-refractivity contribution in [3.63, 3.8) is 0 Å². The lowest BCUT2D eigenvalue weighted by molar-refractivity contribution is -0.145. The molecular formula is C20H21BrCl2N2O4. The first-order valence-corrected chi connectivity index (χ1v) is 10.4. The van der Waals surface area contributed by atoms with Gasteiger partial charge in [-0.1, -0.05) is 29.3 Å². The predicted octanol–water partition coefficient (Wildman–Crippen LogP) is 5.22. The highest BCUT2D eigenvalue weighted by atomic mass is 79.9. The van der Waals surface area contributed by atoms with Gasteiger partial charge in [0.1, 0.15) is 0 Å². The molecule has 0 aliphatic rings. The van der Waals surface area contributed by atoms with Crippen molar-refractivity contribution >= 4 is 51.3 Å². The number of ether oxygens (including phenoxy) is 3. The minimum Gasteiger partial charge on any atom is -0.490 e. The average Bonchev–Trinajstić information content (AvgIpc) is 2.67. The Morgan fingerprint density at radius 3 is 2.55 bits per heavy atom. The Hall–Kier alpha value is -1.96. The Morgan fingerprint density at radius 1 is 1.17 bits per heavy atom. The first-order valence-electron chi connectivity index (χ1n) is 8.89. The van der Waals surface area contributed by atoms with Crippen LogP contribution in [0.4, 0.5) is 0 Å². The molecule has 0 amide bonds. The summed E-state index contributed by atoms with van der Waals surface area (Å²) in [6.45, 7) is 4.50. The van der Waals surface area contributed by atoms with Crippen LogP contribution in [0.25, 0.3) is 0 Å². The SMILES string of the molecule is CCOC(=O)COc1c(Br)cc(/C=N\NCc2c(Cl)cccc2Cl)cc1OCC. The summed E-state index contributed by atoms with van der Waals surface area (Å²) in [5.74, 6) is 0.463. The summed E-state index contributed by atoms with van der Waals surface area (Å²) in [5.41, 5.74) is 4.46. The molecule has 29 heavy (non-hydrogen) atoms. The van der Waals surface area contributed by atoms with E-state index in [0.717, 1.165) is 11.1 Å². The standard InChI is InChI=1S/C20H21BrCl2N2O4/c1-3-27-18-9-13(8-15(21)20(18)29-12-19(26)28-4-2)10-24-25-11-14-16(22)6-5-7-17(14)23/h5-10,25H,3-4,11-12H2,1-2H3/b24-10-. The number of nitrogens with one attached hydrogen (secondary N) is 1. The second-order valence-corrected chi connectivity index (χ2v) is 7.32. The third-order valence-electron chi connectivity index (χ3n) is 3.59. The molecule has 0 aliphatic heterocycles. The summed E-state index contributed by atoms with van der Waals surface area (Å²) >= 11 is 15.7. The van der Waals surface area contributed by atoms with Crippen molar-refractivity contribution < 1.29 is 19.0 Å². The van der Waals surface area contributed by atoms with Crippen molar-refractivity contribution in [3.05, 3.63) is 56.0 Å². The van der Waals surface area contributed by atoms with Crippen LogP contribution in [0, 0.1) is 0 Å². The second kappa shape index (κ2) is 11.9. The Morgan fingerprint density at radius 2 is 1.90 bits per heavy atom. The molecule has 0 radical (unpaired) electrons. The summed E-state index contributed by atoms with van der Waals surface area (Å²) in [6, 6.07) is 8.90. The van der Waals surface area contributed by atoms with Crippen LogP contribution in [0.1, 0.15) is 25.0 Å². The number of hydrogen-bond donors (Lipinski definition) is 1. The summed E-state index contributed by atoms with van der Waals surface area (Å²) in [7, 11) is 0. The molecule has 0 unspecified atom stereocenters. The Kier molecular flexibility index (Phi) is 9.57. The van der Waals surface area contributed by atoms with Gasteiger partial charge < -0.3 is 19.6 Å². The maximum Gasteiger partial charge on any atom is 0.344 e. The number of rotatable bonds is 10. The maximum absolute atomic E-state index is 11.6. The van der Waals surface area contributed by atoms with Crippen molar-refractivity contribution in [2.75, 3.05) is 19.8 Å². The molecule has 0 saturated heterocycles. The van der Waals surface area contributed by atoms with Crippen LogP contribution in [0.3, 0.4) is 0 Å². The molecule has 0 spiro atoms. The molecule has 0 aromatic heterocycles. The molecule has 0 bridgehead atoms. The fourth-order valence-electron chi connectivity index (χ4n) is 2.35. The lowest BCUT2D eigenvalue weighted by Crippen LogP contribution is -2.15. The van der Waals surface area contributed by atoms with Crippen LogP contribution in [0.15, 0.2) is 39.9 Å². The largest absolute Gasteiger partial charge is 0.490 e. The summed E-state index contributed by atoms with van der Waals surface area (Å²) in [6.07, 6.45) is 1.63. The van der Waals surface area contributed by atoms with E-state index in [4.69, 9.17) is 37.4 Å². The van der Waals surface area contributed by atoms with Gasteiger partial charge in [0.25, 0.3) is 0 Å². The fraction of sp³-hybridized carbons (Fsp3) is 0.300. The van der Waals surface area contributed by atoms with Gasteiger partial charge in [-0.15, -0.1) is 0 Å². The van der Waals surface area contributed by atoms with E-state index in [1.807, 2.05) is 6.92 Å². The lowest BCUT2D eigenvalue weighted by atomic mass is 10.2. The van der Waals surface area contributed by atoms with Gasteiger partial charge in [0.05, 0.1) is 30.4 Å². The molecule has 0 fully saturated rings. The number of esters is 1. The van der Waals surface area contributed by atoms with Crippen LogP contribution >= 0.6 is 39.1 Å². The van der Waals surface area contributed by atoms with Gasteiger partial charge in [-0.3, -0.25) is 0 Å². The summed E-state index contributed by atoms with van der Waals surface area (Å²) < 4.78 is 16.7. The van der Waals surface area contributed by atoms with Gasteiger partial charge in [0, 0.05) is 15.6 Å². The highest BCUT2D eigenvalue weighted by molar-refractivity contribution is 9.10. The molecule has 9 heteroatoms. The smallest absolute Gasteiger partial charge is 0.344 e. The zero-order valence-electron chi connectivity index (χ0n) is 16.0. The molecule has 0 saturated carbocycles. The minimum atomic E-state index is -0.449. The van der Waals surface area contributed by atoms with Gasteiger partial charge >= 0.3 is 5.97 Å². The van der Waals surface area contributed by atoms with E-state index in [1.54, 1.807) is 43.5 Å². The van der Waals surface area contributed by atoms with Crippen LogP contribution in [0.5, 0.6) is 11.5 Å². The van der Waals surface area contributed by atoms with E-state index in [9.17, 15) is 4.79 Å². The predicted molar refractivity (Wildman–Crippen MR) is 118 cm³/mol. The van der Waals surface area contributed by atoms with Gasteiger partial charge in [-0.2, -0.15) is 5.10 Å². The van der Waals surface area contributed by atoms with E-state index in [1.165, 1.54) is 0 Å². The fourth-order valence-corrected chi connectivity index (χ4v) is 3.45. The Bertz CT molecular complexity index is 858. The molecular weight excluding hydrogens is 483 g/mol. The molecule has 1 N–H and O–H groups in total. The topological polar surface area (TPSA) is 69.2 Å². The molecule has 0 heterocycles. The molecule has 2 aromatic rings. The highest BCUT2D eigenvalue weighted by Crippen LogP contribution is 2.36. The number of carbonyl (C=O) groups is 1. The number of hydrogen-bond acceptors (Lipinski definition) is 6. The van der Waals surface area contributed by atoms with Gasteiger partial charge in [0.15, 0.2) is 18.1 Å². The molecule has 6 nitrogen and oxygen atoms in total. The van der Waals surface area contributed by atoms with Crippen molar-refractivity contribution in [2.45, 2.75) is 20.4 Å². The zero-order chi connectivity index (χ0) is 21.2. The third-order valence-corrected chi connectivity index (χ3v) is 4.89. The number of hydrazone groups is 1.